The van der Waals surface area contributed by atoms with Gasteiger partial charge in [-0.3, -0.25) is 0 Å². The predicted molar refractivity (Wildman–Crippen MR) is 80.5 cm³/mol. The molecule has 3 heteroatoms. The van der Waals surface area contributed by atoms with Crippen molar-refractivity contribution in [3.63, 3.8) is 0 Å². The normalized spacial score (nSPS) is 31.9. The number of ether oxygens (including phenoxy) is 1. The second-order valence-corrected chi connectivity index (χ2v) is 6.38. The summed E-state index contributed by atoms with van der Waals surface area (Å²) in [5.41, 5.74) is 0. The highest BCUT2D eigenvalue weighted by Crippen LogP contribution is 2.17. The summed E-state index contributed by atoms with van der Waals surface area (Å²) in [5, 5.41) is 3.73. The second-order valence-electron chi connectivity index (χ2n) is 6.38. The van der Waals surface area contributed by atoms with Gasteiger partial charge in [0, 0.05) is 25.7 Å². The first-order chi connectivity index (χ1) is 9.29. The third-order valence-corrected chi connectivity index (χ3v) is 4.88. The van der Waals surface area contributed by atoms with Gasteiger partial charge in [0.25, 0.3) is 0 Å². The average Bonchev–Trinajstić information content (AvgIpc) is 2.71. The van der Waals surface area contributed by atoms with Gasteiger partial charge in [-0.2, -0.15) is 0 Å². The molecule has 112 valence electrons. The molecule has 3 nitrogen and oxygen atoms in total. The van der Waals surface area contributed by atoms with Crippen LogP contribution in [0.25, 0.3) is 0 Å². The van der Waals surface area contributed by atoms with Crippen molar-refractivity contribution in [3.05, 3.63) is 0 Å². The second kappa shape index (κ2) is 8.23. The van der Waals surface area contributed by atoms with E-state index in [0.29, 0.717) is 12.1 Å². The third kappa shape index (κ3) is 5.05. The molecule has 0 aromatic rings. The number of hydrogen-bond acceptors (Lipinski definition) is 3. The molecule has 2 fully saturated rings. The Balaban J connectivity index is 1.74. The minimum absolute atomic E-state index is 0.534. The number of rotatable bonds is 5. The first kappa shape index (κ1) is 15.3. The summed E-state index contributed by atoms with van der Waals surface area (Å²) in [5.74, 6) is 0.784. The van der Waals surface area contributed by atoms with Crippen LogP contribution in [0.2, 0.25) is 0 Å². The van der Waals surface area contributed by atoms with Gasteiger partial charge in [-0.05, 0) is 51.1 Å². The van der Waals surface area contributed by atoms with Crippen molar-refractivity contribution in [1.29, 1.82) is 0 Å². The zero-order chi connectivity index (χ0) is 13.5. The fraction of sp³-hybridized carbons (Fsp3) is 1.00. The number of nitrogens with one attached hydrogen (secondary N) is 1. The quantitative estimate of drug-likeness (QED) is 0.829. The maximum absolute atomic E-state index is 5.85. The first-order valence-electron chi connectivity index (χ1n) is 8.37. The molecule has 0 aliphatic carbocycles. The zero-order valence-corrected chi connectivity index (χ0v) is 12.9. The van der Waals surface area contributed by atoms with E-state index in [1.54, 1.807) is 0 Å². The minimum atomic E-state index is 0.534. The Kier molecular flexibility index (Phi) is 6.62. The van der Waals surface area contributed by atoms with E-state index < -0.39 is 0 Å². The fourth-order valence-corrected chi connectivity index (χ4v) is 3.25. The zero-order valence-electron chi connectivity index (χ0n) is 12.9. The summed E-state index contributed by atoms with van der Waals surface area (Å²) in [6, 6.07) is 0.680. The van der Waals surface area contributed by atoms with Crippen LogP contribution in [-0.4, -0.2) is 49.8 Å². The van der Waals surface area contributed by atoms with Crippen molar-refractivity contribution >= 4 is 0 Å². The smallest absolute Gasteiger partial charge is 0.0587 e. The Morgan fingerprint density at radius 2 is 2.21 bits per heavy atom. The van der Waals surface area contributed by atoms with Crippen molar-refractivity contribution in [2.45, 2.75) is 64.5 Å². The molecule has 0 aromatic carbocycles. The maximum atomic E-state index is 5.85. The molecule has 2 heterocycles. The number of hydrogen-bond donors (Lipinski definition) is 1. The average molecular weight is 268 g/mol. The van der Waals surface area contributed by atoms with Crippen LogP contribution in [0.4, 0.5) is 0 Å². The fourth-order valence-electron chi connectivity index (χ4n) is 3.25. The van der Waals surface area contributed by atoms with Crippen LogP contribution in [0.5, 0.6) is 0 Å². The third-order valence-electron chi connectivity index (χ3n) is 4.88. The van der Waals surface area contributed by atoms with E-state index in [9.17, 15) is 0 Å². The molecule has 1 N–H and O–H groups in total. The molecule has 2 aliphatic rings. The van der Waals surface area contributed by atoms with Crippen molar-refractivity contribution in [3.8, 4) is 0 Å². The van der Waals surface area contributed by atoms with E-state index in [1.807, 2.05) is 0 Å². The standard InChI is InChI=1S/C16H32N2O/c1-3-14(2)16-13-18(10-6-9-17-16)11-8-15-7-4-5-12-19-15/h14-17H,3-13H2,1-2H3. The summed E-state index contributed by atoms with van der Waals surface area (Å²) < 4.78 is 5.85. The molecule has 3 atom stereocenters. The first-order valence-corrected chi connectivity index (χ1v) is 8.37. The lowest BCUT2D eigenvalue weighted by Gasteiger charge is -2.30. The predicted octanol–water partition coefficient (Wildman–Crippen LogP) is 2.66. The molecule has 0 bridgehead atoms. The lowest BCUT2D eigenvalue weighted by atomic mass is 9.98. The molecule has 2 aliphatic heterocycles. The van der Waals surface area contributed by atoms with Crippen molar-refractivity contribution in [2.75, 3.05) is 32.8 Å². The monoisotopic (exact) mass is 268 g/mol. The highest BCUT2D eigenvalue weighted by molar-refractivity contribution is 4.80. The molecular weight excluding hydrogens is 236 g/mol. The Morgan fingerprint density at radius 1 is 1.32 bits per heavy atom. The van der Waals surface area contributed by atoms with E-state index in [0.717, 1.165) is 12.5 Å². The van der Waals surface area contributed by atoms with Crippen LogP contribution < -0.4 is 5.32 Å². The lowest BCUT2D eigenvalue weighted by molar-refractivity contribution is 0.00520. The molecule has 0 saturated carbocycles. The van der Waals surface area contributed by atoms with Crippen molar-refractivity contribution < 1.29 is 4.74 Å². The van der Waals surface area contributed by atoms with Gasteiger partial charge in [-0.1, -0.05) is 20.3 Å². The van der Waals surface area contributed by atoms with Gasteiger partial charge < -0.3 is 15.0 Å². The minimum Gasteiger partial charge on any atom is -0.378 e. The largest absolute Gasteiger partial charge is 0.378 e. The summed E-state index contributed by atoms with van der Waals surface area (Å²) in [4.78, 5) is 2.66. The van der Waals surface area contributed by atoms with Crippen LogP contribution in [0, 0.1) is 5.92 Å². The van der Waals surface area contributed by atoms with E-state index in [1.165, 1.54) is 64.7 Å². The SMILES string of the molecule is CCC(C)C1CN(CCC2CCCCO2)CCCN1. The summed E-state index contributed by atoms with van der Waals surface area (Å²) in [6.45, 7) is 10.6. The Morgan fingerprint density at radius 3 is 2.95 bits per heavy atom. The van der Waals surface area contributed by atoms with Gasteiger partial charge in [-0.25, -0.2) is 0 Å². The highest BCUT2D eigenvalue weighted by Gasteiger charge is 2.22. The topological polar surface area (TPSA) is 24.5 Å². The molecule has 2 saturated heterocycles. The van der Waals surface area contributed by atoms with Gasteiger partial charge in [0.05, 0.1) is 6.10 Å². The molecular formula is C16H32N2O. The van der Waals surface area contributed by atoms with Crippen molar-refractivity contribution in [2.24, 2.45) is 5.92 Å². The molecule has 0 spiro atoms. The van der Waals surface area contributed by atoms with Crippen molar-refractivity contribution in [1.82, 2.24) is 10.2 Å². The Labute approximate surface area is 119 Å². The Bertz CT molecular complexity index is 241. The van der Waals surface area contributed by atoms with Crippen LogP contribution >= 0.6 is 0 Å². The summed E-state index contributed by atoms with van der Waals surface area (Å²) in [7, 11) is 0. The molecule has 2 rings (SSSR count). The molecule has 0 aromatic heterocycles. The number of nitrogens with zero attached hydrogens (tertiary/aromatic N) is 1. The molecule has 0 radical (unpaired) electrons. The highest BCUT2D eigenvalue weighted by atomic mass is 16.5. The van der Waals surface area contributed by atoms with Crippen LogP contribution in [-0.2, 0) is 4.74 Å². The van der Waals surface area contributed by atoms with E-state index in [4.69, 9.17) is 4.74 Å². The van der Waals surface area contributed by atoms with Gasteiger partial charge in [-0.15, -0.1) is 0 Å². The van der Waals surface area contributed by atoms with Gasteiger partial charge >= 0.3 is 0 Å². The Hall–Kier alpha value is -0.120. The molecule has 0 amide bonds. The van der Waals surface area contributed by atoms with Crippen LogP contribution in [0.1, 0.15) is 52.4 Å². The van der Waals surface area contributed by atoms with Gasteiger partial charge in [0.1, 0.15) is 0 Å². The summed E-state index contributed by atoms with van der Waals surface area (Å²) in [6.07, 6.45) is 8.23. The maximum Gasteiger partial charge on any atom is 0.0587 e. The van der Waals surface area contributed by atoms with E-state index >= 15 is 0 Å². The van der Waals surface area contributed by atoms with Crippen LogP contribution in [0.15, 0.2) is 0 Å². The lowest BCUT2D eigenvalue weighted by Crippen LogP contribution is -2.42. The van der Waals surface area contributed by atoms with Gasteiger partial charge in [0.15, 0.2) is 0 Å². The van der Waals surface area contributed by atoms with Gasteiger partial charge in [0.2, 0.25) is 0 Å². The molecule has 3 unspecified atom stereocenters. The van der Waals surface area contributed by atoms with Crippen LogP contribution in [0.3, 0.4) is 0 Å². The molecule has 19 heavy (non-hydrogen) atoms. The van der Waals surface area contributed by atoms with E-state index in [2.05, 4.69) is 24.1 Å². The van der Waals surface area contributed by atoms with E-state index in [-0.39, 0.29) is 0 Å². The summed E-state index contributed by atoms with van der Waals surface area (Å²) >= 11 is 0.